The van der Waals surface area contributed by atoms with Gasteiger partial charge in [-0.05, 0) is 13.0 Å². The third-order valence-electron chi connectivity index (χ3n) is 3.74. The third kappa shape index (κ3) is 2.97. The van der Waals surface area contributed by atoms with Crippen molar-refractivity contribution in [2.75, 3.05) is 7.11 Å². The predicted molar refractivity (Wildman–Crippen MR) is 77.0 cm³/mol. The van der Waals surface area contributed by atoms with Gasteiger partial charge in [-0.15, -0.1) is 0 Å². The van der Waals surface area contributed by atoms with Crippen molar-refractivity contribution in [2.45, 2.75) is 24.8 Å². The van der Waals surface area contributed by atoms with Gasteiger partial charge < -0.3 is 15.0 Å². The van der Waals surface area contributed by atoms with Gasteiger partial charge in [0.1, 0.15) is 0 Å². The number of benzene rings is 1. The molecule has 26 heavy (non-hydrogen) atoms. The van der Waals surface area contributed by atoms with Crippen LogP contribution in [-0.4, -0.2) is 36.3 Å². The van der Waals surface area contributed by atoms with Crippen LogP contribution < -0.4 is 5.32 Å². The Morgan fingerprint density at radius 2 is 1.65 bits per heavy atom. The first-order chi connectivity index (χ1) is 11.9. The molecule has 0 spiro atoms. The Balaban J connectivity index is 2.88. The Bertz CT molecular complexity index is 855. The molecule has 0 saturated heterocycles. The number of alkyl halides is 6. The highest BCUT2D eigenvalue weighted by molar-refractivity contribution is 5.98. The first-order valence-electron chi connectivity index (χ1n) is 6.98. The van der Waals surface area contributed by atoms with Gasteiger partial charge in [0.25, 0.3) is 5.54 Å². The van der Waals surface area contributed by atoms with Crippen molar-refractivity contribution < 1.29 is 40.7 Å². The summed E-state index contributed by atoms with van der Waals surface area (Å²) >= 11 is 0. The molecule has 0 radical (unpaired) electrons. The molecule has 0 aliphatic carbocycles. The fraction of sp³-hybridized carbons (Fsp3) is 0.333. The van der Waals surface area contributed by atoms with E-state index in [1.165, 1.54) is 24.3 Å². The standard InChI is InChI=1S/C15H12F6N2O3/c1-7-10(8-5-3-4-6-9(8)22-7)13(12(25)26-2,15(19,20)21)23-11(24)14(16,17)18/h3-6,22H,1-2H3,(H,23,24). The number of para-hydroxylation sites is 1. The molecule has 1 aromatic heterocycles. The number of ether oxygens (including phenoxy) is 1. The number of aromatic amines is 1. The maximum atomic E-state index is 13.9. The first-order valence-corrected chi connectivity index (χ1v) is 6.98. The minimum absolute atomic E-state index is 0.138. The van der Waals surface area contributed by atoms with Crippen molar-refractivity contribution in [1.29, 1.82) is 0 Å². The number of amides is 1. The van der Waals surface area contributed by atoms with Crippen molar-refractivity contribution in [3.63, 3.8) is 0 Å². The Labute approximate surface area is 142 Å². The SMILES string of the molecule is COC(=O)C(NC(=O)C(F)(F)F)(c1c(C)[nH]c2ccccc12)C(F)(F)F. The summed E-state index contributed by atoms with van der Waals surface area (Å²) in [5, 5.41) is 0.628. The van der Waals surface area contributed by atoms with Gasteiger partial charge in [0, 0.05) is 22.2 Å². The number of esters is 1. The summed E-state index contributed by atoms with van der Waals surface area (Å²) in [7, 11) is 0.576. The van der Waals surface area contributed by atoms with E-state index in [9.17, 15) is 35.9 Å². The van der Waals surface area contributed by atoms with Crippen molar-refractivity contribution in [2.24, 2.45) is 0 Å². The van der Waals surface area contributed by atoms with E-state index >= 15 is 0 Å². The Hall–Kier alpha value is -2.72. The van der Waals surface area contributed by atoms with Gasteiger partial charge in [-0.25, -0.2) is 4.79 Å². The molecule has 2 aromatic rings. The van der Waals surface area contributed by atoms with Crippen LogP contribution in [0.5, 0.6) is 0 Å². The molecule has 1 amide bonds. The Morgan fingerprint density at radius 1 is 1.08 bits per heavy atom. The molecule has 11 heteroatoms. The second kappa shape index (κ2) is 6.22. The molecule has 5 nitrogen and oxygen atoms in total. The van der Waals surface area contributed by atoms with Crippen molar-refractivity contribution >= 4 is 22.8 Å². The summed E-state index contributed by atoms with van der Waals surface area (Å²) in [6.07, 6.45) is -11.3. The number of hydrogen-bond donors (Lipinski definition) is 2. The Kier molecular flexibility index (Phi) is 4.69. The van der Waals surface area contributed by atoms with Crippen molar-refractivity contribution in [3.05, 3.63) is 35.5 Å². The maximum Gasteiger partial charge on any atom is 0.471 e. The zero-order valence-corrected chi connectivity index (χ0v) is 13.3. The van der Waals surface area contributed by atoms with Gasteiger partial charge >= 0.3 is 24.2 Å². The van der Waals surface area contributed by atoms with E-state index in [-0.39, 0.29) is 16.6 Å². The van der Waals surface area contributed by atoms with Crippen LogP contribution in [0.4, 0.5) is 26.3 Å². The zero-order valence-electron chi connectivity index (χ0n) is 13.3. The lowest BCUT2D eigenvalue weighted by atomic mass is 9.86. The largest absolute Gasteiger partial charge is 0.471 e. The molecule has 1 unspecified atom stereocenters. The van der Waals surface area contributed by atoms with Crippen LogP contribution in [-0.2, 0) is 19.9 Å². The summed E-state index contributed by atoms with van der Waals surface area (Å²) in [5.74, 6) is -5.03. The number of rotatable bonds is 3. The molecule has 0 saturated carbocycles. The number of hydrogen-bond acceptors (Lipinski definition) is 3. The van der Waals surface area contributed by atoms with Crippen LogP contribution in [0.15, 0.2) is 24.3 Å². The van der Waals surface area contributed by atoms with E-state index in [4.69, 9.17) is 0 Å². The Morgan fingerprint density at radius 3 is 2.15 bits per heavy atom. The molecule has 142 valence electrons. The third-order valence-corrected chi connectivity index (χ3v) is 3.74. The lowest BCUT2D eigenvalue weighted by Gasteiger charge is -2.34. The number of carbonyl (C=O) groups excluding carboxylic acids is 2. The molecular weight excluding hydrogens is 370 g/mol. The summed E-state index contributed by atoms with van der Waals surface area (Å²) in [5.41, 5.74) is -5.03. The number of nitrogens with one attached hydrogen (secondary N) is 2. The molecule has 0 bridgehead atoms. The highest BCUT2D eigenvalue weighted by atomic mass is 19.4. The quantitative estimate of drug-likeness (QED) is 0.633. The zero-order chi connectivity index (χ0) is 19.9. The summed E-state index contributed by atoms with van der Waals surface area (Å²) in [4.78, 5) is 26.0. The van der Waals surface area contributed by atoms with E-state index in [0.29, 0.717) is 7.11 Å². The molecule has 0 aliphatic heterocycles. The first kappa shape index (κ1) is 19.6. The monoisotopic (exact) mass is 382 g/mol. The minimum Gasteiger partial charge on any atom is -0.467 e. The average molecular weight is 382 g/mol. The van der Waals surface area contributed by atoms with Gasteiger partial charge in [0.2, 0.25) is 0 Å². The fourth-order valence-corrected chi connectivity index (χ4v) is 2.70. The lowest BCUT2D eigenvalue weighted by Crippen LogP contribution is -2.63. The highest BCUT2D eigenvalue weighted by Gasteiger charge is 2.67. The average Bonchev–Trinajstić information content (AvgIpc) is 2.85. The summed E-state index contributed by atoms with van der Waals surface area (Å²) < 4.78 is 83.9. The van der Waals surface area contributed by atoms with Gasteiger partial charge in [-0.1, -0.05) is 18.2 Å². The smallest absolute Gasteiger partial charge is 0.467 e. The van der Waals surface area contributed by atoms with E-state index in [1.54, 1.807) is 0 Å². The second-order valence-electron chi connectivity index (χ2n) is 5.36. The topological polar surface area (TPSA) is 71.2 Å². The molecule has 1 aromatic carbocycles. The van der Waals surface area contributed by atoms with E-state index in [0.717, 1.165) is 12.2 Å². The molecule has 1 heterocycles. The van der Waals surface area contributed by atoms with Crippen LogP contribution in [0, 0.1) is 6.92 Å². The number of aryl methyl sites for hydroxylation is 1. The van der Waals surface area contributed by atoms with Crippen molar-refractivity contribution in [1.82, 2.24) is 10.3 Å². The van der Waals surface area contributed by atoms with Crippen molar-refractivity contribution in [3.8, 4) is 0 Å². The molecular formula is C15H12F6N2O3. The number of aromatic nitrogens is 1. The normalized spacial score (nSPS) is 14.8. The van der Waals surface area contributed by atoms with Crippen LogP contribution in [0.25, 0.3) is 10.9 Å². The second-order valence-corrected chi connectivity index (χ2v) is 5.36. The van der Waals surface area contributed by atoms with Crippen LogP contribution >= 0.6 is 0 Å². The molecule has 0 aliphatic rings. The number of carbonyl (C=O) groups is 2. The molecule has 2 rings (SSSR count). The van der Waals surface area contributed by atoms with Crippen LogP contribution in [0.3, 0.4) is 0 Å². The highest BCUT2D eigenvalue weighted by Crippen LogP contribution is 2.45. The molecule has 1 atom stereocenters. The number of fused-ring (bicyclic) bond motifs is 1. The summed E-state index contributed by atoms with van der Waals surface area (Å²) in [6.45, 7) is 1.14. The van der Waals surface area contributed by atoms with E-state index in [1.807, 2.05) is 0 Å². The van der Waals surface area contributed by atoms with Gasteiger partial charge in [-0.2, -0.15) is 26.3 Å². The maximum absolute atomic E-state index is 13.9. The molecule has 2 N–H and O–H groups in total. The van der Waals surface area contributed by atoms with Crippen LogP contribution in [0.1, 0.15) is 11.3 Å². The van der Waals surface area contributed by atoms with Gasteiger partial charge in [-0.3, -0.25) is 4.79 Å². The number of H-pyrrole nitrogens is 1. The fourth-order valence-electron chi connectivity index (χ4n) is 2.70. The van der Waals surface area contributed by atoms with Crippen LogP contribution in [0.2, 0.25) is 0 Å². The predicted octanol–water partition coefficient (Wildman–Crippen LogP) is 3.09. The van der Waals surface area contributed by atoms with E-state index in [2.05, 4.69) is 9.72 Å². The van der Waals surface area contributed by atoms with E-state index < -0.39 is 35.3 Å². The lowest BCUT2D eigenvalue weighted by molar-refractivity contribution is -0.222. The number of methoxy groups -OCH3 is 1. The summed E-state index contributed by atoms with van der Waals surface area (Å²) in [6, 6.07) is 5.36. The van der Waals surface area contributed by atoms with Gasteiger partial charge in [0.05, 0.1) is 7.11 Å². The minimum atomic E-state index is -5.65. The van der Waals surface area contributed by atoms with Gasteiger partial charge in [0.15, 0.2) is 0 Å². The molecule has 0 fully saturated rings. The number of halogens is 6.